The smallest absolute Gasteiger partial charge is 0.335 e. The number of nitrogens with two attached hydrogens (primary N) is 1. The number of nitrogen functional groups attached to an aromatic ring is 1. The zero-order valence-corrected chi connectivity index (χ0v) is 9.58. The normalized spacial score (nSPS) is 11.2. The van der Waals surface area contributed by atoms with Gasteiger partial charge in [0.25, 0.3) is 0 Å². The fraction of sp³-hybridized carbons (Fsp3) is 0.0833. The molecular weight excluding hydrogens is 232 g/mol. The second-order valence-corrected chi connectivity index (χ2v) is 4.06. The maximum absolute atomic E-state index is 11.0. The number of carbonyl (C=O) groups is 1. The van der Waals surface area contributed by atoms with Crippen LogP contribution < -0.4 is 5.73 Å². The lowest BCUT2D eigenvalue weighted by atomic mass is 10.1. The van der Waals surface area contributed by atoms with Crippen molar-refractivity contribution in [2.45, 2.75) is 6.92 Å². The number of hydrogen-bond donors (Lipinski definition) is 2. The number of aromatic carboxylic acids is 1. The van der Waals surface area contributed by atoms with Crippen molar-refractivity contribution in [3.05, 3.63) is 35.8 Å². The first kappa shape index (κ1) is 10.5. The van der Waals surface area contributed by atoms with Gasteiger partial charge in [-0.1, -0.05) is 0 Å². The van der Waals surface area contributed by atoms with Crippen LogP contribution in [0.5, 0.6) is 0 Å². The van der Waals surface area contributed by atoms with E-state index < -0.39 is 5.97 Å². The highest BCUT2D eigenvalue weighted by Crippen LogP contribution is 2.24. The Balaban J connectivity index is 2.53. The molecule has 6 heteroatoms. The molecule has 0 aliphatic carbocycles. The highest BCUT2D eigenvalue weighted by atomic mass is 16.4. The zero-order valence-electron chi connectivity index (χ0n) is 9.58. The van der Waals surface area contributed by atoms with Gasteiger partial charge >= 0.3 is 5.97 Å². The third-order valence-corrected chi connectivity index (χ3v) is 2.93. The Labute approximate surface area is 102 Å². The molecule has 0 saturated heterocycles. The fourth-order valence-electron chi connectivity index (χ4n) is 2.07. The van der Waals surface area contributed by atoms with Crippen molar-refractivity contribution in [1.29, 1.82) is 0 Å². The number of nitrogens with zero attached hydrogens (tertiary/aromatic N) is 3. The third kappa shape index (κ3) is 1.32. The number of aromatic nitrogens is 3. The molecule has 0 saturated carbocycles. The summed E-state index contributed by atoms with van der Waals surface area (Å²) in [5.74, 6) is -0.634. The number of imidazole rings is 1. The Kier molecular flexibility index (Phi) is 2.00. The third-order valence-electron chi connectivity index (χ3n) is 2.93. The summed E-state index contributed by atoms with van der Waals surface area (Å²) in [4.78, 5) is 19.4. The maximum atomic E-state index is 11.0. The van der Waals surface area contributed by atoms with Crippen LogP contribution >= 0.6 is 0 Å². The van der Waals surface area contributed by atoms with Gasteiger partial charge in [0.2, 0.25) is 5.95 Å². The van der Waals surface area contributed by atoms with Crippen LogP contribution in [0.1, 0.15) is 16.1 Å². The first-order chi connectivity index (χ1) is 8.58. The predicted molar refractivity (Wildman–Crippen MR) is 66.6 cm³/mol. The summed E-state index contributed by atoms with van der Waals surface area (Å²) >= 11 is 0. The van der Waals surface area contributed by atoms with Crippen molar-refractivity contribution in [2.75, 3.05) is 5.73 Å². The van der Waals surface area contributed by atoms with Crippen LogP contribution in [0.15, 0.2) is 24.5 Å². The molecule has 0 aliphatic heterocycles. The largest absolute Gasteiger partial charge is 0.478 e. The predicted octanol–water partition coefficient (Wildman–Crippen LogP) is 1.47. The molecule has 3 rings (SSSR count). The molecule has 6 nitrogen and oxygen atoms in total. The second kappa shape index (κ2) is 3.43. The molecule has 0 radical (unpaired) electrons. The van der Waals surface area contributed by atoms with Gasteiger partial charge in [0, 0.05) is 5.39 Å². The molecule has 0 spiro atoms. The van der Waals surface area contributed by atoms with Crippen LogP contribution in [0.2, 0.25) is 0 Å². The van der Waals surface area contributed by atoms with E-state index in [-0.39, 0.29) is 5.56 Å². The molecule has 0 aliphatic rings. The van der Waals surface area contributed by atoms with E-state index >= 15 is 0 Å². The average molecular weight is 242 g/mol. The van der Waals surface area contributed by atoms with Crippen molar-refractivity contribution in [3.63, 3.8) is 0 Å². The Morgan fingerprint density at radius 3 is 2.94 bits per heavy atom. The van der Waals surface area contributed by atoms with Gasteiger partial charge in [-0.3, -0.25) is 4.40 Å². The van der Waals surface area contributed by atoms with Gasteiger partial charge in [-0.25, -0.2) is 14.8 Å². The van der Waals surface area contributed by atoms with Crippen molar-refractivity contribution in [2.24, 2.45) is 0 Å². The molecule has 2 heterocycles. The van der Waals surface area contributed by atoms with Gasteiger partial charge in [0.1, 0.15) is 6.33 Å². The van der Waals surface area contributed by atoms with E-state index in [4.69, 9.17) is 10.8 Å². The van der Waals surface area contributed by atoms with Gasteiger partial charge in [0.05, 0.1) is 22.3 Å². The van der Waals surface area contributed by atoms with E-state index in [0.29, 0.717) is 11.5 Å². The van der Waals surface area contributed by atoms with E-state index in [0.717, 1.165) is 16.6 Å². The SMILES string of the molecule is Cc1ncn2c(N)nc3ccc(C(=O)O)cc3c12. The van der Waals surface area contributed by atoms with Gasteiger partial charge in [-0.15, -0.1) is 0 Å². The number of anilines is 1. The number of hydrogen-bond acceptors (Lipinski definition) is 4. The molecule has 90 valence electrons. The lowest BCUT2D eigenvalue weighted by Gasteiger charge is -2.05. The molecule has 0 unspecified atom stereocenters. The minimum atomic E-state index is -0.968. The summed E-state index contributed by atoms with van der Waals surface area (Å²) in [5, 5.41) is 9.76. The summed E-state index contributed by atoms with van der Waals surface area (Å²) in [6, 6.07) is 4.76. The van der Waals surface area contributed by atoms with Gasteiger partial charge < -0.3 is 10.8 Å². The van der Waals surface area contributed by atoms with Crippen molar-refractivity contribution in [1.82, 2.24) is 14.4 Å². The minimum absolute atomic E-state index is 0.219. The van der Waals surface area contributed by atoms with Crippen molar-refractivity contribution < 1.29 is 9.90 Å². The van der Waals surface area contributed by atoms with Gasteiger partial charge in [0.15, 0.2) is 0 Å². The molecule has 1 aromatic carbocycles. The number of aryl methyl sites for hydroxylation is 1. The quantitative estimate of drug-likeness (QED) is 0.674. The summed E-state index contributed by atoms with van der Waals surface area (Å²) in [7, 11) is 0. The van der Waals surface area contributed by atoms with Crippen LogP contribution in [0.4, 0.5) is 5.95 Å². The van der Waals surface area contributed by atoms with Crippen LogP contribution in [0.25, 0.3) is 16.4 Å². The lowest BCUT2D eigenvalue weighted by Crippen LogP contribution is -2.02. The Morgan fingerprint density at radius 1 is 1.44 bits per heavy atom. The van der Waals surface area contributed by atoms with E-state index in [1.807, 2.05) is 6.92 Å². The van der Waals surface area contributed by atoms with E-state index in [9.17, 15) is 4.79 Å². The van der Waals surface area contributed by atoms with Crippen LogP contribution in [0.3, 0.4) is 0 Å². The molecule has 0 fully saturated rings. The molecule has 0 atom stereocenters. The Bertz CT molecular complexity index is 791. The monoisotopic (exact) mass is 242 g/mol. The number of rotatable bonds is 1. The molecule has 3 aromatic rings. The van der Waals surface area contributed by atoms with E-state index in [1.165, 1.54) is 6.07 Å². The lowest BCUT2D eigenvalue weighted by molar-refractivity contribution is 0.0697. The number of carboxylic acid groups (broad SMARTS) is 1. The topological polar surface area (TPSA) is 93.5 Å². The summed E-state index contributed by atoms with van der Waals surface area (Å²) in [5.41, 5.74) is 8.29. The molecular formula is C12H10N4O2. The first-order valence-electron chi connectivity index (χ1n) is 5.34. The Hall–Kier alpha value is -2.63. The zero-order chi connectivity index (χ0) is 12.9. The molecule has 0 amide bonds. The average Bonchev–Trinajstić information content (AvgIpc) is 2.72. The molecule has 0 bridgehead atoms. The Morgan fingerprint density at radius 2 is 2.22 bits per heavy atom. The molecule has 2 aromatic heterocycles. The summed E-state index contributed by atoms with van der Waals surface area (Å²) in [6.07, 6.45) is 1.58. The highest BCUT2D eigenvalue weighted by Gasteiger charge is 2.12. The van der Waals surface area contributed by atoms with Gasteiger partial charge in [-0.2, -0.15) is 0 Å². The summed E-state index contributed by atoms with van der Waals surface area (Å²) < 4.78 is 1.66. The minimum Gasteiger partial charge on any atom is -0.478 e. The van der Waals surface area contributed by atoms with Crippen LogP contribution in [-0.2, 0) is 0 Å². The summed E-state index contributed by atoms with van der Waals surface area (Å²) in [6.45, 7) is 1.85. The van der Waals surface area contributed by atoms with Crippen LogP contribution in [-0.4, -0.2) is 25.4 Å². The van der Waals surface area contributed by atoms with Crippen molar-refractivity contribution in [3.8, 4) is 0 Å². The van der Waals surface area contributed by atoms with Crippen LogP contribution in [0, 0.1) is 6.92 Å². The second-order valence-electron chi connectivity index (χ2n) is 4.06. The van der Waals surface area contributed by atoms with E-state index in [1.54, 1.807) is 22.9 Å². The van der Waals surface area contributed by atoms with E-state index in [2.05, 4.69) is 9.97 Å². The fourth-order valence-corrected chi connectivity index (χ4v) is 2.07. The number of carboxylic acids is 1. The molecule has 18 heavy (non-hydrogen) atoms. The number of benzene rings is 1. The maximum Gasteiger partial charge on any atom is 0.335 e. The first-order valence-corrected chi connectivity index (χ1v) is 5.34. The molecule has 3 N–H and O–H groups in total. The highest BCUT2D eigenvalue weighted by molar-refractivity contribution is 6.00. The van der Waals surface area contributed by atoms with Crippen molar-refractivity contribution >= 4 is 28.3 Å². The standard InChI is InChI=1S/C12H10N4O2/c1-6-10-8-4-7(11(17)18)2-3-9(8)15-12(13)16(10)5-14-6/h2-5H,1H3,(H2,13,15)(H,17,18). The van der Waals surface area contributed by atoms with Gasteiger partial charge in [-0.05, 0) is 25.1 Å². The number of fused-ring (bicyclic) bond motifs is 3.